The predicted molar refractivity (Wildman–Crippen MR) is 98.6 cm³/mol. The Hall–Kier alpha value is -3.48. The van der Waals surface area contributed by atoms with E-state index in [0.717, 1.165) is 0 Å². The molecule has 0 fully saturated rings. The summed E-state index contributed by atoms with van der Waals surface area (Å²) in [5.41, 5.74) is 16.5. The predicted octanol–water partition coefficient (Wildman–Crippen LogP) is -3.14. The second-order valence-corrected chi connectivity index (χ2v) is 6.36. The van der Waals surface area contributed by atoms with Crippen molar-refractivity contribution in [2.24, 2.45) is 17.2 Å². The molecule has 1 rings (SSSR count). The number of rotatable bonds is 13. The highest BCUT2D eigenvalue weighted by Crippen LogP contribution is 2.04. The average Bonchev–Trinajstić information content (AvgIpc) is 3.13. The molecule has 0 saturated carbocycles. The monoisotopic (exact) mass is 411 g/mol. The molecule has 0 aromatic carbocycles. The Morgan fingerprint density at radius 3 is 2.03 bits per heavy atom. The lowest BCUT2D eigenvalue weighted by atomic mass is 10.1. The molecule has 13 heteroatoms. The van der Waals surface area contributed by atoms with Gasteiger partial charge in [-0.15, -0.1) is 0 Å². The van der Waals surface area contributed by atoms with E-state index in [1.165, 1.54) is 12.5 Å². The van der Waals surface area contributed by atoms with Gasteiger partial charge in [-0.3, -0.25) is 19.2 Å². The van der Waals surface area contributed by atoms with Crippen molar-refractivity contribution in [2.45, 2.75) is 50.2 Å². The van der Waals surface area contributed by atoms with Crippen LogP contribution in [0.2, 0.25) is 0 Å². The normalized spacial score (nSPS) is 13.7. The van der Waals surface area contributed by atoms with E-state index in [-0.39, 0.29) is 32.1 Å². The fourth-order valence-electron chi connectivity index (χ4n) is 2.38. The van der Waals surface area contributed by atoms with Gasteiger partial charge in [0.05, 0.1) is 12.4 Å². The third-order valence-electron chi connectivity index (χ3n) is 3.94. The van der Waals surface area contributed by atoms with Gasteiger partial charge in [0.1, 0.15) is 12.1 Å². The highest BCUT2D eigenvalue weighted by molar-refractivity contribution is 5.92. The lowest BCUT2D eigenvalue weighted by Crippen LogP contribution is -2.55. The number of hydrogen-bond acceptors (Lipinski definition) is 7. The van der Waals surface area contributed by atoms with Crippen molar-refractivity contribution in [3.8, 4) is 0 Å². The second kappa shape index (κ2) is 11.4. The topological polar surface area (TPSA) is 236 Å². The summed E-state index contributed by atoms with van der Waals surface area (Å²) in [6.45, 7) is 0. The van der Waals surface area contributed by atoms with Gasteiger partial charge >= 0.3 is 5.97 Å². The standard InChI is InChI=1S/C16H25N7O6/c17-9(5-8-6-20-7-21-8)14(26)22-10(1-3-12(18)24)15(27)23-11(16(28)29)2-4-13(19)25/h6-7,9-11H,1-5,17H2,(H2,18,24)(H2,19,25)(H,20,21)(H,22,26)(H,23,27)(H,28,29)/t9-,10-,11-/m0/s1. The highest BCUT2D eigenvalue weighted by Gasteiger charge is 2.28. The van der Waals surface area contributed by atoms with E-state index in [4.69, 9.17) is 17.2 Å². The van der Waals surface area contributed by atoms with Gasteiger partial charge in [-0.05, 0) is 12.8 Å². The molecular formula is C16H25N7O6. The van der Waals surface area contributed by atoms with Crippen LogP contribution in [0, 0.1) is 0 Å². The number of nitrogens with one attached hydrogen (secondary N) is 3. The lowest BCUT2D eigenvalue weighted by Gasteiger charge is -2.22. The molecular weight excluding hydrogens is 386 g/mol. The molecule has 4 amide bonds. The fourth-order valence-corrected chi connectivity index (χ4v) is 2.38. The van der Waals surface area contributed by atoms with E-state index < -0.39 is 47.7 Å². The van der Waals surface area contributed by atoms with Crippen molar-refractivity contribution in [2.75, 3.05) is 0 Å². The van der Waals surface area contributed by atoms with Crippen molar-refractivity contribution >= 4 is 29.6 Å². The minimum Gasteiger partial charge on any atom is -0.480 e. The Morgan fingerprint density at radius 2 is 1.55 bits per heavy atom. The zero-order valence-electron chi connectivity index (χ0n) is 15.6. The number of H-pyrrole nitrogens is 1. The summed E-state index contributed by atoms with van der Waals surface area (Å²) in [6.07, 6.45) is 2.14. The van der Waals surface area contributed by atoms with Crippen LogP contribution in [-0.4, -0.2) is 62.8 Å². The van der Waals surface area contributed by atoms with Crippen LogP contribution in [0.25, 0.3) is 0 Å². The number of imidazole rings is 1. The molecule has 0 radical (unpaired) electrons. The van der Waals surface area contributed by atoms with E-state index >= 15 is 0 Å². The molecule has 0 aliphatic rings. The zero-order chi connectivity index (χ0) is 22.0. The largest absolute Gasteiger partial charge is 0.480 e. The lowest BCUT2D eigenvalue weighted by molar-refractivity contribution is -0.142. The minimum atomic E-state index is -1.40. The number of hydrogen-bond donors (Lipinski definition) is 7. The van der Waals surface area contributed by atoms with E-state index in [1.54, 1.807) is 0 Å². The molecule has 0 bridgehead atoms. The molecule has 1 aromatic heterocycles. The first-order valence-electron chi connectivity index (χ1n) is 8.73. The first-order valence-corrected chi connectivity index (χ1v) is 8.73. The molecule has 0 spiro atoms. The Morgan fingerprint density at radius 1 is 1.00 bits per heavy atom. The summed E-state index contributed by atoms with van der Waals surface area (Å²) in [7, 11) is 0. The molecule has 3 atom stereocenters. The van der Waals surface area contributed by atoms with Crippen molar-refractivity contribution in [3.63, 3.8) is 0 Å². The van der Waals surface area contributed by atoms with Gasteiger partial charge in [0.15, 0.2) is 0 Å². The van der Waals surface area contributed by atoms with Crippen molar-refractivity contribution in [1.29, 1.82) is 0 Å². The number of carbonyl (C=O) groups is 5. The van der Waals surface area contributed by atoms with Gasteiger partial charge < -0.3 is 37.9 Å². The number of nitrogens with zero attached hydrogens (tertiary/aromatic N) is 1. The third-order valence-corrected chi connectivity index (χ3v) is 3.94. The van der Waals surface area contributed by atoms with Crippen LogP contribution in [0.1, 0.15) is 31.4 Å². The molecule has 0 aliphatic carbocycles. The quantitative estimate of drug-likeness (QED) is 0.175. The smallest absolute Gasteiger partial charge is 0.326 e. The number of amides is 4. The van der Waals surface area contributed by atoms with Crippen molar-refractivity contribution in [3.05, 3.63) is 18.2 Å². The highest BCUT2D eigenvalue weighted by atomic mass is 16.4. The van der Waals surface area contributed by atoms with Gasteiger partial charge in [0, 0.05) is 31.2 Å². The summed E-state index contributed by atoms with van der Waals surface area (Å²) in [4.78, 5) is 64.6. The molecule has 29 heavy (non-hydrogen) atoms. The van der Waals surface area contributed by atoms with Gasteiger partial charge in [-0.2, -0.15) is 0 Å². The Bertz CT molecular complexity index is 736. The van der Waals surface area contributed by atoms with Gasteiger partial charge in [0.2, 0.25) is 23.6 Å². The first-order chi connectivity index (χ1) is 13.6. The summed E-state index contributed by atoms with van der Waals surface area (Å²) < 4.78 is 0. The maximum atomic E-state index is 12.5. The third kappa shape index (κ3) is 8.83. The number of nitrogens with two attached hydrogens (primary N) is 3. The Kier molecular flexibility index (Phi) is 9.25. The minimum absolute atomic E-state index is 0.117. The van der Waals surface area contributed by atoms with E-state index in [2.05, 4.69) is 20.6 Å². The maximum absolute atomic E-state index is 12.5. The van der Waals surface area contributed by atoms with Crippen LogP contribution in [0.5, 0.6) is 0 Å². The molecule has 0 saturated heterocycles. The van der Waals surface area contributed by atoms with Crippen molar-refractivity contribution in [1.82, 2.24) is 20.6 Å². The van der Waals surface area contributed by atoms with Gasteiger partial charge in [-0.1, -0.05) is 0 Å². The fraction of sp³-hybridized carbons (Fsp3) is 0.500. The molecule has 1 aromatic rings. The summed E-state index contributed by atoms with van der Waals surface area (Å²) in [5, 5.41) is 13.8. The summed E-state index contributed by atoms with van der Waals surface area (Å²) in [6, 6.07) is -3.68. The molecule has 10 N–H and O–H groups in total. The van der Waals surface area contributed by atoms with Crippen molar-refractivity contribution < 1.29 is 29.1 Å². The number of aliphatic carboxylic acids is 1. The van der Waals surface area contributed by atoms with Gasteiger partial charge in [-0.25, -0.2) is 9.78 Å². The number of carbonyl (C=O) groups excluding carboxylic acids is 4. The zero-order valence-corrected chi connectivity index (χ0v) is 15.6. The molecule has 0 unspecified atom stereocenters. The van der Waals surface area contributed by atoms with Crippen LogP contribution < -0.4 is 27.8 Å². The van der Waals surface area contributed by atoms with Crippen LogP contribution in [0.3, 0.4) is 0 Å². The molecule has 0 aliphatic heterocycles. The second-order valence-electron chi connectivity index (χ2n) is 6.36. The number of carboxylic acids is 1. The number of aromatic amines is 1. The number of primary amides is 2. The summed E-state index contributed by atoms with van der Waals surface area (Å²) in [5.74, 6) is -4.36. The van der Waals surface area contributed by atoms with E-state index in [1.807, 2.05) is 0 Å². The SMILES string of the molecule is NC(=O)CC[C@H](NC(=O)[C@H](CCC(N)=O)NC(=O)[C@@H](N)Cc1cnc[nH]1)C(=O)O. The number of aromatic nitrogens is 2. The molecule has 160 valence electrons. The van der Waals surface area contributed by atoms with E-state index in [9.17, 15) is 29.1 Å². The number of carboxylic acid groups (broad SMARTS) is 1. The molecule has 13 nitrogen and oxygen atoms in total. The maximum Gasteiger partial charge on any atom is 0.326 e. The van der Waals surface area contributed by atoms with Crippen LogP contribution in [0.4, 0.5) is 0 Å². The summed E-state index contributed by atoms with van der Waals surface area (Å²) >= 11 is 0. The average molecular weight is 411 g/mol. The van der Waals surface area contributed by atoms with Crippen LogP contribution in [-0.2, 0) is 30.4 Å². The van der Waals surface area contributed by atoms with Crippen LogP contribution in [0.15, 0.2) is 12.5 Å². The Balaban J connectivity index is 2.79. The first kappa shape index (κ1) is 23.6. The van der Waals surface area contributed by atoms with Gasteiger partial charge in [0.25, 0.3) is 0 Å². The van der Waals surface area contributed by atoms with E-state index in [0.29, 0.717) is 5.69 Å². The Labute approximate surface area is 165 Å². The van der Waals surface area contributed by atoms with Crippen LogP contribution >= 0.6 is 0 Å². The molecule has 1 heterocycles.